The van der Waals surface area contributed by atoms with Gasteiger partial charge in [-0.25, -0.2) is 0 Å². The number of thiocarbonyl (C=S) groups is 1. The summed E-state index contributed by atoms with van der Waals surface area (Å²) >= 11 is 5.56. The van der Waals surface area contributed by atoms with Gasteiger partial charge in [0.1, 0.15) is 11.4 Å². The molecule has 1 fully saturated rings. The van der Waals surface area contributed by atoms with E-state index in [4.69, 9.17) is 17.0 Å². The zero-order valence-corrected chi connectivity index (χ0v) is 17.3. The second kappa shape index (κ2) is 8.65. The van der Waals surface area contributed by atoms with Crippen molar-refractivity contribution in [2.24, 2.45) is 5.10 Å². The molecule has 0 aromatic carbocycles. The highest BCUT2D eigenvalue weighted by molar-refractivity contribution is 7.80. The molecular weight excluding hydrogens is 386 g/mol. The van der Waals surface area contributed by atoms with Crippen LogP contribution in [0.5, 0.6) is 5.75 Å². The Morgan fingerprint density at radius 1 is 1.31 bits per heavy atom. The summed E-state index contributed by atoms with van der Waals surface area (Å²) in [5.41, 5.74) is 6.79. The van der Waals surface area contributed by atoms with E-state index >= 15 is 0 Å². The Morgan fingerprint density at radius 3 is 2.97 bits per heavy atom. The Morgan fingerprint density at radius 2 is 2.14 bits per heavy atom. The Hall–Kier alpha value is -2.87. The first-order chi connectivity index (χ1) is 14.1. The summed E-state index contributed by atoms with van der Waals surface area (Å²) in [4.78, 5) is 8.85. The lowest BCUT2D eigenvalue weighted by Gasteiger charge is -2.37. The van der Waals surface area contributed by atoms with E-state index in [1.54, 1.807) is 0 Å². The van der Waals surface area contributed by atoms with Gasteiger partial charge in [-0.2, -0.15) is 5.10 Å². The normalized spacial score (nSPS) is 20.4. The molecule has 3 aliphatic rings. The lowest BCUT2D eigenvalue weighted by atomic mass is 10.1. The molecule has 29 heavy (non-hydrogen) atoms. The number of hydrogen-bond donors (Lipinski definition) is 2. The van der Waals surface area contributed by atoms with Gasteiger partial charge in [-0.3, -0.25) is 10.4 Å². The number of ether oxygens (including phenoxy) is 1. The van der Waals surface area contributed by atoms with Gasteiger partial charge < -0.3 is 19.6 Å². The third-order valence-electron chi connectivity index (χ3n) is 5.12. The number of nitrogens with one attached hydrogen (secondary N) is 1. The quantitative estimate of drug-likeness (QED) is 0.573. The molecule has 7 nitrogen and oxygen atoms in total. The number of hydrazone groups is 1. The molecule has 1 aromatic rings. The van der Waals surface area contributed by atoms with Crippen LogP contribution in [0.4, 0.5) is 0 Å². The van der Waals surface area contributed by atoms with Crippen LogP contribution in [0.25, 0.3) is 0 Å². The maximum Gasteiger partial charge on any atom is 0.189 e. The van der Waals surface area contributed by atoms with E-state index in [2.05, 4.69) is 25.3 Å². The second-order valence-electron chi connectivity index (χ2n) is 7.27. The van der Waals surface area contributed by atoms with Gasteiger partial charge in [0.05, 0.1) is 18.1 Å². The summed E-state index contributed by atoms with van der Waals surface area (Å²) in [5.74, 6) is 1.17. The van der Waals surface area contributed by atoms with Crippen molar-refractivity contribution in [1.82, 2.24) is 20.2 Å². The minimum atomic E-state index is 0.390. The SMILES string of the molecule is Cc1cnc2c(c1)OCC/C2=N/NC(=S)N1CCN(C2=CC=CCC(O)=C2)CC1. The molecule has 2 aliphatic heterocycles. The number of piperazine rings is 1. The van der Waals surface area contributed by atoms with Crippen LogP contribution in [0.2, 0.25) is 0 Å². The second-order valence-corrected chi connectivity index (χ2v) is 7.65. The monoisotopic (exact) mass is 411 g/mol. The molecule has 0 spiro atoms. The fourth-order valence-electron chi connectivity index (χ4n) is 3.54. The van der Waals surface area contributed by atoms with Crippen LogP contribution in [-0.2, 0) is 0 Å². The van der Waals surface area contributed by atoms with Crippen LogP contribution < -0.4 is 10.2 Å². The zero-order valence-electron chi connectivity index (χ0n) is 16.5. The molecule has 0 atom stereocenters. The predicted octanol–water partition coefficient (Wildman–Crippen LogP) is 2.65. The van der Waals surface area contributed by atoms with Gasteiger partial charge in [0.15, 0.2) is 5.11 Å². The number of pyridine rings is 1. The molecule has 152 valence electrons. The van der Waals surface area contributed by atoms with Gasteiger partial charge in [0.2, 0.25) is 0 Å². The summed E-state index contributed by atoms with van der Waals surface area (Å²) in [7, 11) is 0. The number of aromatic nitrogens is 1. The van der Waals surface area contributed by atoms with E-state index in [0.29, 0.717) is 30.3 Å². The number of nitrogens with zero attached hydrogens (tertiary/aromatic N) is 4. The van der Waals surface area contributed by atoms with Crippen molar-refractivity contribution in [3.63, 3.8) is 0 Å². The Balaban J connectivity index is 1.35. The van der Waals surface area contributed by atoms with Crippen molar-refractivity contribution in [2.45, 2.75) is 19.8 Å². The van der Waals surface area contributed by atoms with Gasteiger partial charge in [0, 0.05) is 50.9 Å². The lowest BCUT2D eigenvalue weighted by molar-refractivity contribution is 0.224. The molecule has 1 aromatic heterocycles. The van der Waals surface area contributed by atoms with Gasteiger partial charge >= 0.3 is 0 Å². The van der Waals surface area contributed by atoms with E-state index in [1.165, 1.54) is 0 Å². The molecule has 3 heterocycles. The van der Waals surface area contributed by atoms with Gasteiger partial charge in [-0.1, -0.05) is 12.2 Å². The number of aryl methyl sites for hydroxylation is 1. The molecule has 8 heteroatoms. The average molecular weight is 412 g/mol. The molecular formula is C21H25N5O2S. The van der Waals surface area contributed by atoms with Gasteiger partial charge in [-0.15, -0.1) is 0 Å². The minimum absolute atomic E-state index is 0.390. The molecule has 0 unspecified atom stereocenters. The van der Waals surface area contributed by atoms with Crippen LogP contribution >= 0.6 is 12.2 Å². The van der Waals surface area contributed by atoms with Crippen molar-refractivity contribution < 1.29 is 9.84 Å². The molecule has 0 amide bonds. The molecule has 1 aliphatic carbocycles. The number of aliphatic hydroxyl groups is 1. The Kier molecular flexibility index (Phi) is 5.80. The van der Waals surface area contributed by atoms with Gasteiger partial charge in [-0.05, 0) is 42.9 Å². The van der Waals surface area contributed by atoms with E-state index in [1.807, 2.05) is 43.5 Å². The maximum atomic E-state index is 9.88. The summed E-state index contributed by atoms with van der Waals surface area (Å²) in [6, 6.07) is 1.98. The maximum absolute atomic E-state index is 9.88. The Bertz CT molecular complexity index is 914. The van der Waals surface area contributed by atoms with Gasteiger partial charge in [0.25, 0.3) is 0 Å². The van der Waals surface area contributed by atoms with Crippen molar-refractivity contribution in [2.75, 3.05) is 32.8 Å². The fraction of sp³-hybridized carbons (Fsp3) is 0.381. The summed E-state index contributed by atoms with van der Waals surface area (Å²) in [6.45, 7) is 5.84. The first-order valence-electron chi connectivity index (χ1n) is 9.83. The van der Waals surface area contributed by atoms with E-state index < -0.39 is 0 Å². The van der Waals surface area contributed by atoms with Crippen molar-refractivity contribution in [3.8, 4) is 5.75 Å². The standard InChI is InChI=1S/C21H25N5O2S/c1-15-12-19-20(22-14-15)18(6-11-28-19)23-24-21(29)26-9-7-25(8-10-26)16-4-2-3-5-17(27)13-16/h2-4,12-14,27H,5-11H2,1H3,(H,24,29)/b23-18-. The zero-order chi connectivity index (χ0) is 20.2. The number of hydrogen-bond acceptors (Lipinski definition) is 6. The topological polar surface area (TPSA) is 73.2 Å². The third kappa shape index (κ3) is 4.59. The molecule has 4 rings (SSSR count). The number of allylic oxidation sites excluding steroid dienone is 4. The highest BCUT2D eigenvalue weighted by atomic mass is 32.1. The van der Waals surface area contributed by atoms with Crippen LogP contribution in [0, 0.1) is 6.92 Å². The Labute approximate surface area is 176 Å². The minimum Gasteiger partial charge on any atom is -0.512 e. The third-order valence-corrected chi connectivity index (χ3v) is 5.47. The van der Waals surface area contributed by atoms with E-state index in [0.717, 1.165) is 54.6 Å². The summed E-state index contributed by atoms with van der Waals surface area (Å²) in [5, 5.41) is 15.0. The smallest absolute Gasteiger partial charge is 0.189 e. The number of aliphatic hydroxyl groups excluding tert-OH is 1. The first kappa shape index (κ1) is 19.4. The van der Waals surface area contributed by atoms with Crippen molar-refractivity contribution in [1.29, 1.82) is 0 Å². The lowest BCUT2D eigenvalue weighted by Crippen LogP contribution is -2.50. The molecule has 2 N–H and O–H groups in total. The summed E-state index contributed by atoms with van der Waals surface area (Å²) in [6.07, 6.45) is 10.9. The highest BCUT2D eigenvalue weighted by Gasteiger charge is 2.22. The molecule has 0 bridgehead atoms. The average Bonchev–Trinajstić information content (AvgIpc) is 2.96. The van der Waals surface area contributed by atoms with Crippen LogP contribution in [0.15, 0.2) is 53.1 Å². The summed E-state index contributed by atoms with van der Waals surface area (Å²) < 4.78 is 5.69. The predicted molar refractivity (Wildman–Crippen MR) is 117 cm³/mol. The first-order valence-corrected chi connectivity index (χ1v) is 10.2. The number of fused-ring (bicyclic) bond motifs is 1. The van der Waals surface area contributed by atoms with Crippen LogP contribution in [0.3, 0.4) is 0 Å². The van der Waals surface area contributed by atoms with E-state index in [9.17, 15) is 5.11 Å². The number of rotatable bonds is 2. The molecule has 1 saturated heterocycles. The molecule has 0 saturated carbocycles. The van der Waals surface area contributed by atoms with Crippen LogP contribution in [-0.4, -0.2) is 63.5 Å². The van der Waals surface area contributed by atoms with E-state index in [-0.39, 0.29) is 0 Å². The van der Waals surface area contributed by atoms with Crippen molar-refractivity contribution >= 4 is 23.0 Å². The largest absolute Gasteiger partial charge is 0.512 e. The fourth-order valence-corrected chi connectivity index (χ4v) is 3.77. The molecule has 0 radical (unpaired) electrons. The van der Waals surface area contributed by atoms with Crippen molar-refractivity contribution in [3.05, 3.63) is 59.3 Å². The highest BCUT2D eigenvalue weighted by Crippen LogP contribution is 2.24. The van der Waals surface area contributed by atoms with Crippen LogP contribution in [0.1, 0.15) is 24.1 Å².